The van der Waals surface area contributed by atoms with Gasteiger partial charge in [-0.1, -0.05) is 29.3 Å². The van der Waals surface area contributed by atoms with E-state index in [4.69, 9.17) is 28.9 Å². The van der Waals surface area contributed by atoms with Crippen LogP contribution in [0.5, 0.6) is 0 Å². The zero-order chi connectivity index (χ0) is 12.4. The number of aromatic amines is 1. The molecule has 3 N–H and O–H groups in total. The number of nitrogens with one attached hydrogen (secondary N) is 1. The van der Waals surface area contributed by atoms with Crippen molar-refractivity contribution in [2.45, 2.75) is 13.1 Å². The maximum absolute atomic E-state index is 11.5. The minimum atomic E-state index is -0.309. The standard InChI is InChI=1S/C10H10Cl2N4O/c11-7-2-1-6(8(12)3-7)5-16-9(4-13)14-15-10(16)17/h1-3H,4-5,13H2,(H,15,17). The van der Waals surface area contributed by atoms with Crippen LogP contribution in [0.15, 0.2) is 23.0 Å². The van der Waals surface area contributed by atoms with Crippen LogP contribution < -0.4 is 11.4 Å². The van der Waals surface area contributed by atoms with Gasteiger partial charge in [0.15, 0.2) is 0 Å². The van der Waals surface area contributed by atoms with Gasteiger partial charge in [0.1, 0.15) is 5.82 Å². The number of aromatic nitrogens is 3. The zero-order valence-corrected chi connectivity index (χ0v) is 10.3. The predicted octanol–water partition coefficient (Wildman–Crippen LogP) is 1.39. The van der Waals surface area contributed by atoms with Gasteiger partial charge in [0, 0.05) is 10.0 Å². The monoisotopic (exact) mass is 272 g/mol. The molecule has 0 aliphatic rings. The lowest BCUT2D eigenvalue weighted by molar-refractivity contribution is 0.704. The van der Waals surface area contributed by atoms with Crippen molar-refractivity contribution >= 4 is 23.2 Å². The Balaban J connectivity index is 2.37. The van der Waals surface area contributed by atoms with E-state index in [1.54, 1.807) is 18.2 Å². The highest BCUT2D eigenvalue weighted by molar-refractivity contribution is 6.35. The normalized spacial score (nSPS) is 10.8. The highest BCUT2D eigenvalue weighted by atomic mass is 35.5. The third kappa shape index (κ3) is 2.52. The molecule has 7 heteroatoms. The summed E-state index contributed by atoms with van der Waals surface area (Å²) in [6, 6.07) is 5.12. The summed E-state index contributed by atoms with van der Waals surface area (Å²) in [5.41, 5.74) is 5.96. The Kier molecular flexibility index (Phi) is 3.51. The van der Waals surface area contributed by atoms with Gasteiger partial charge in [-0.2, -0.15) is 5.10 Å². The fourth-order valence-electron chi connectivity index (χ4n) is 1.49. The van der Waals surface area contributed by atoms with Crippen molar-refractivity contribution in [2.75, 3.05) is 0 Å². The number of rotatable bonds is 3. The molecule has 0 radical (unpaired) electrons. The summed E-state index contributed by atoms with van der Waals surface area (Å²) in [6.45, 7) is 0.502. The van der Waals surface area contributed by atoms with Gasteiger partial charge in [0.05, 0.1) is 13.1 Å². The van der Waals surface area contributed by atoms with Crippen LogP contribution in [0, 0.1) is 0 Å². The number of H-pyrrole nitrogens is 1. The predicted molar refractivity (Wildman–Crippen MR) is 66.3 cm³/mol. The molecular formula is C10H10Cl2N4O. The molecule has 90 valence electrons. The number of hydrogen-bond donors (Lipinski definition) is 2. The molecule has 0 saturated heterocycles. The van der Waals surface area contributed by atoms with E-state index in [2.05, 4.69) is 10.2 Å². The lowest BCUT2D eigenvalue weighted by Gasteiger charge is -2.06. The highest BCUT2D eigenvalue weighted by Crippen LogP contribution is 2.21. The first-order valence-corrected chi connectivity index (χ1v) is 5.65. The van der Waals surface area contributed by atoms with Gasteiger partial charge in [0.25, 0.3) is 0 Å². The van der Waals surface area contributed by atoms with E-state index in [1.165, 1.54) is 4.57 Å². The van der Waals surface area contributed by atoms with Crippen LogP contribution in [0.4, 0.5) is 0 Å². The minimum absolute atomic E-state index is 0.184. The molecular weight excluding hydrogens is 263 g/mol. The second kappa shape index (κ2) is 4.91. The summed E-state index contributed by atoms with van der Waals surface area (Å²) < 4.78 is 1.44. The van der Waals surface area contributed by atoms with E-state index >= 15 is 0 Å². The van der Waals surface area contributed by atoms with Crippen molar-refractivity contribution in [1.82, 2.24) is 14.8 Å². The van der Waals surface area contributed by atoms with Crippen LogP contribution in [-0.2, 0) is 13.1 Å². The summed E-state index contributed by atoms with van der Waals surface area (Å²) in [5, 5.41) is 7.22. The fraction of sp³-hybridized carbons (Fsp3) is 0.200. The van der Waals surface area contributed by atoms with Gasteiger partial charge in [0.2, 0.25) is 0 Å². The molecule has 0 saturated carbocycles. The Morgan fingerprint density at radius 2 is 2.18 bits per heavy atom. The highest BCUT2D eigenvalue weighted by Gasteiger charge is 2.09. The number of benzene rings is 1. The molecule has 0 unspecified atom stereocenters. The van der Waals surface area contributed by atoms with Gasteiger partial charge in [-0.25, -0.2) is 9.89 Å². The average molecular weight is 273 g/mol. The molecule has 2 aromatic rings. The molecule has 0 spiro atoms. The summed E-state index contributed by atoms with van der Waals surface area (Å²) in [6.07, 6.45) is 0. The topological polar surface area (TPSA) is 76.7 Å². The zero-order valence-electron chi connectivity index (χ0n) is 8.78. The number of nitrogens with two attached hydrogens (primary N) is 1. The number of hydrogen-bond acceptors (Lipinski definition) is 3. The van der Waals surface area contributed by atoms with Crippen molar-refractivity contribution in [2.24, 2.45) is 5.73 Å². The largest absolute Gasteiger partial charge is 0.343 e. The first-order valence-electron chi connectivity index (χ1n) is 4.90. The van der Waals surface area contributed by atoms with Crippen LogP contribution >= 0.6 is 23.2 Å². The Morgan fingerprint density at radius 1 is 1.41 bits per heavy atom. The Hall–Kier alpha value is -1.30. The SMILES string of the molecule is NCc1n[nH]c(=O)n1Cc1ccc(Cl)cc1Cl. The fourth-order valence-corrected chi connectivity index (χ4v) is 1.96. The molecule has 0 aliphatic heterocycles. The molecule has 1 aromatic heterocycles. The van der Waals surface area contributed by atoms with Gasteiger partial charge in [-0.15, -0.1) is 0 Å². The molecule has 0 amide bonds. The number of nitrogens with zero attached hydrogens (tertiary/aromatic N) is 2. The average Bonchev–Trinajstić information content (AvgIpc) is 2.64. The molecule has 0 aliphatic carbocycles. The van der Waals surface area contributed by atoms with E-state index in [0.717, 1.165) is 5.56 Å². The molecule has 0 fully saturated rings. The Bertz CT molecular complexity index is 590. The first kappa shape index (κ1) is 12.2. The smallest absolute Gasteiger partial charge is 0.324 e. The van der Waals surface area contributed by atoms with Crippen LogP contribution in [-0.4, -0.2) is 14.8 Å². The molecule has 0 atom stereocenters. The van der Waals surface area contributed by atoms with E-state index in [0.29, 0.717) is 22.4 Å². The summed E-state index contributed by atoms with van der Waals surface area (Å²) >= 11 is 11.8. The van der Waals surface area contributed by atoms with Crippen LogP contribution in [0.2, 0.25) is 10.0 Å². The van der Waals surface area contributed by atoms with Crippen molar-refractivity contribution in [3.8, 4) is 0 Å². The summed E-state index contributed by atoms with van der Waals surface area (Å²) in [4.78, 5) is 11.5. The van der Waals surface area contributed by atoms with Crippen molar-refractivity contribution < 1.29 is 0 Å². The second-order valence-electron chi connectivity index (χ2n) is 3.47. The molecule has 17 heavy (non-hydrogen) atoms. The molecule has 2 rings (SSSR count). The van der Waals surface area contributed by atoms with E-state index in [-0.39, 0.29) is 12.2 Å². The third-order valence-electron chi connectivity index (χ3n) is 2.36. The van der Waals surface area contributed by atoms with Crippen molar-refractivity contribution in [3.05, 3.63) is 50.1 Å². The lowest BCUT2D eigenvalue weighted by Crippen LogP contribution is -2.21. The van der Waals surface area contributed by atoms with E-state index in [9.17, 15) is 4.79 Å². The van der Waals surface area contributed by atoms with Gasteiger partial charge in [-0.3, -0.25) is 4.57 Å². The minimum Gasteiger partial charge on any atom is -0.324 e. The Morgan fingerprint density at radius 3 is 2.82 bits per heavy atom. The number of halogens is 2. The molecule has 0 bridgehead atoms. The van der Waals surface area contributed by atoms with Crippen molar-refractivity contribution in [1.29, 1.82) is 0 Å². The van der Waals surface area contributed by atoms with Crippen LogP contribution in [0.25, 0.3) is 0 Å². The van der Waals surface area contributed by atoms with Gasteiger partial charge >= 0.3 is 5.69 Å². The van der Waals surface area contributed by atoms with E-state index in [1.807, 2.05) is 0 Å². The Labute approximate surface area is 107 Å². The first-order chi connectivity index (χ1) is 8.11. The quantitative estimate of drug-likeness (QED) is 0.887. The summed E-state index contributed by atoms with van der Waals surface area (Å²) in [7, 11) is 0. The maximum atomic E-state index is 11.5. The van der Waals surface area contributed by atoms with E-state index < -0.39 is 0 Å². The van der Waals surface area contributed by atoms with Crippen molar-refractivity contribution in [3.63, 3.8) is 0 Å². The molecule has 1 heterocycles. The van der Waals surface area contributed by atoms with Crippen LogP contribution in [0.3, 0.4) is 0 Å². The third-order valence-corrected chi connectivity index (χ3v) is 2.95. The molecule has 1 aromatic carbocycles. The van der Waals surface area contributed by atoms with Gasteiger partial charge < -0.3 is 5.73 Å². The van der Waals surface area contributed by atoms with Crippen LogP contribution in [0.1, 0.15) is 11.4 Å². The second-order valence-corrected chi connectivity index (χ2v) is 4.31. The van der Waals surface area contributed by atoms with Gasteiger partial charge in [-0.05, 0) is 17.7 Å². The summed E-state index contributed by atoms with van der Waals surface area (Å²) in [5.74, 6) is 0.487. The molecule has 5 nitrogen and oxygen atoms in total. The maximum Gasteiger partial charge on any atom is 0.343 e. The lowest BCUT2D eigenvalue weighted by atomic mass is 10.2.